The van der Waals surface area contributed by atoms with Gasteiger partial charge in [-0.2, -0.15) is 0 Å². The molecular weight excluding hydrogens is 348 g/mol. The van der Waals surface area contributed by atoms with Gasteiger partial charge in [0.05, 0.1) is 12.8 Å². The molecule has 2 N–H and O–H groups in total. The van der Waals surface area contributed by atoms with Crippen LogP contribution in [0.15, 0.2) is 58.1 Å². The molecule has 0 saturated carbocycles. The molecule has 1 fully saturated rings. The van der Waals surface area contributed by atoms with E-state index in [2.05, 4.69) is 46.7 Å². The number of nitrogens with one attached hydrogen (secondary N) is 2. The van der Waals surface area contributed by atoms with Gasteiger partial charge in [0.15, 0.2) is 5.96 Å². The van der Waals surface area contributed by atoms with E-state index >= 15 is 0 Å². The highest BCUT2D eigenvalue weighted by atomic mass is 16.3. The van der Waals surface area contributed by atoms with Crippen LogP contribution in [0.2, 0.25) is 0 Å². The average Bonchev–Trinajstić information content (AvgIpc) is 3.25. The van der Waals surface area contributed by atoms with Gasteiger partial charge in [-0.25, -0.2) is 4.99 Å². The summed E-state index contributed by atoms with van der Waals surface area (Å²) in [5.41, 5.74) is 1.23. The fraction of sp³-hybridized carbons (Fsp3) is 0.522. The van der Waals surface area contributed by atoms with Crippen molar-refractivity contribution >= 4 is 5.96 Å². The molecule has 28 heavy (non-hydrogen) atoms. The monoisotopic (exact) mass is 382 g/mol. The molecule has 152 valence electrons. The zero-order chi connectivity index (χ0) is 19.4. The Morgan fingerprint density at radius 3 is 2.68 bits per heavy atom. The molecule has 2 heterocycles. The maximum absolute atomic E-state index is 5.43. The second-order valence-corrected chi connectivity index (χ2v) is 7.52. The number of furan rings is 1. The van der Waals surface area contributed by atoms with Gasteiger partial charge in [-0.05, 0) is 43.5 Å². The van der Waals surface area contributed by atoms with E-state index in [4.69, 9.17) is 9.41 Å². The van der Waals surface area contributed by atoms with Crippen LogP contribution in [0, 0.1) is 0 Å². The fourth-order valence-electron chi connectivity index (χ4n) is 3.54. The van der Waals surface area contributed by atoms with Crippen molar-refractivity contribution in [2.75, 3.05) is 26.2 Å². The van der Waals surface area contributed by atoms with Crippen molar-refractivity contribution in [3.63, 3.8) is 0 Å². The van der Waals surface area contributed by atoms with Gasteiger partial charge in [0.1, 0.15) is 5.76 Å². The van der Waals surface area contributed by atoms with Crippen LogP contribution >= 0.6 is 0 Å². The van der Waals surface area contributed by atoms with Crippen LogP contribution in [0.4, 0.5) is 0 Å². The topological polar surface area (TPSA) is 52.8 Å². The van der Waals surface area contributed by atoms with Crippen LogP contribution in [0.1, 0.15) is 43.9 Å². The minimum atomic E-state index is 0.489. The van der Waals surface area contributed by atoms with E-state index in [1.165, 1.54) is 50.9 Å². The van der Waals surface area contributed by atoms with E-state index in [0.717, 1.165) is 24.7 Å². The van der Waals surface area contributed by atoms with Crippen molar-refractivity contribution in [1.82, 2.24) is 15.5 Å². The summed E-state index contributed by atoms with van der Waals surface area (Å²) in [6, 6.07) is 14.9. The second-order valence-electron chi connectivity index (χ2n) is 7.52. The third-order valence-electron chi connectivity index (χ3n) is 5.26. The number of benzene rings is 1. The molecule has 1 saturated heterocycles. The molecule has 5 nitrogen and oxygen atoms in total. The summed E-state index contributed by atoms with van der Waals surface area (Å²) >= 11 is 0. The highest BCUT2D eigenvalue weighted by molar-refractivity contribution is 5.80. The van der Waals surface area contributed by atoms with Gasteiger partial charge in [0.25, 0.3) is 0 Å². The summed E-state index contributed by atoms with van der Waals surface area (Å²) in [4.78, 5) is 7.42. The first-order valence-corrected chi connectivity index (χ1v) is 10.7. The normalized spacial score (nSPS) is 16.2. The number of unbranched alkanes of at least 4 members (excludes halogenated alkanes) is 1. The van der Waals surface area contributed by atoms with E-state index in [0.29, 0.717) is 12.6 Å². The van der Waals surface area contributed by atoms with Crippen LogP contribution < -0.4 is 10.6 Å². The molecule has 0 unspecified atom stereocenters. The Balaban J connectivity index is 1.51. The lowest BCUT2D eigenvalue weighted by molar-refractivity contribution is 0.203. The van der Waals surface area contributed by atoms with E-state index < -0.39 is 0 Å². The number of likely N-dealkylation sites (tertiary alicyclic amines) is 1. The molecule has 3 rings (SSSR count). The summed E-state index contributed by atoms with van der Waals surface area (Å²) in [6.07, 6.45) is 7.50. The Labute approximate surface area is 169 Å². The van der Waals surface area contributed by atoms with Gasteiger partial charge in [-0.1, -0.05) is 43.7 Å². The van der Waals surface area contributed by atoms with Crippen molar-refractivity contribution in [2.45, 2.75) is 51.6 Å². The number of rotatable bonds is 9. The predicted octanol–water partition coefficient (Wildman–Crippen LogP) is 3.82. The van der Waals surface area contributed by atoms with Gasteiger partial charge in [0, 0.05) is 32.1 Å². The van der Waals surface area contributed by atoms with Gasteiger partial charge in [-0.15, -0.1) is 0 Å². The largest absolute Gasteiger partial charge is 0.469 e. The lowest BCUT2D eigenvalue weighted by atomic mass is 10.0. The maximum atomic E-state index is 5.43. The Morgan fingerprint density at radius 2 is 1.96 bits per heavy atom. The van der Waals surface area contributed by atoms with Crippen LogP contribution in [0.5, 0.6) is 0 Å². The molecule has 1 aromatic heterocycles. The zero-order valence-electron chi connectivity index (χ0n) is 17.1. The minimum absolute atomic E-state index is 0.489. The quantitative estimate of drug-likeness (QED) is 0.511. The number of piperidine rings is 1. The van der Waals surface area contributed by atoms with Gasteiger partial charge < -0.3 is 20.0 Å². The number of hydrogen-bond donors (Lipinski definition) is 2. The smallest absolute Gasteiger partial charge is 0.191 e. The van der Waals surface area contributed by atoms with Crippen molar-refractivity contribution in [3.05, 3.63) is 60.1 Å². The predicted molar refractivity (Wildman–Crippen MR) is 116 cm³/mol. The molecule has 0 aliphatic carbocycles. The lowest BCUT2D eigenvalue weighted by Crippen LogP contribution is -2.49. The van der Waals surface area contributed by atoms with Gasteiger partial charge in [-0.3, -0.25) is 0 Å². The molecule has 0 atom stereocenters. The van der Waals surface area contributed by atoms with Crippen molar-refractivity contribution in [3.8, 4) is 0 Å². The van der Waals surface area contributed by atoms with Crippen LogP contribution in [0.25, 0.3) is 0 Å². The highest BCUT2D eigenvalue weighted by Gasteiger charge is 2.19. The molecule has 1 aliphatic heterocycles. The Hall–Kier alpha value is -2.27. The van der Waals surface area contributed by atoms with E-state index in [1.54, 1.807) is 6.26 Å². The molecule has 0 amide bonds. The summed E-state index contributed by atoms with van der Waals surface area (Å²) in [5.74, 6) is 1.90. The molecule has 0 spiro atoms. The maximum Gasteiger partial charge on any atom is 0.191 e. The van der Waals surface area contributed by atoms with Crippen molar-refractivity contribution in [2.24, 2.45) is 4.99 Å². The molecule has 1 aromatic carbocycles. The van der Waals surface area contributed by atoms with Gasteiger partial charge >= 0.3 is 0 Å². The van der Waals surface area contributed by atoms with Crippen molar-refractivity contribution in [1.29, 1.82) is 0 Å². The minimum Gasteiger partial charge on any atom is -0.469 e. The average molecular weight is 383 g/mol. The third kappa shape index (κ3) is 7.04. The highest BCUT2D eigenvalue weighted by Crippen LogP contribution is 2.11. The summed E-state index contributed by atoms with van der Waals surface area (Å²) in [5, 5.41) is 7.15. The molecule has 1 aliphatic rings. The third-order valence-corrected chi connectivity index (χ3v) is 5.26. The standard InChI is InChI=1S/C23H34N4O/c1-2-3-15-27-16-12-21(13-17-27)26-23(24-14-11-22-10-7-18-28-22)25-19-20-8-5-4-6-9-20/h4-10,18,21H,2-3,11-17,19H2,1H3,(H2,24,25,26). The zero-order valence-corrected chi connectivity index (χ0v) is 17.1. The van der Waals surface area contributed by atoms with E-state index in [-0.39, 0.29) is 0 Å². The Kier molecular flexibility index (Phi) is 8.44. The van der Waals surface area contributed by atoms with Crippen LogP contribution in [-0.4, -0.2) is 43.1 Å². The molecule has 0 radical (unpaired) electrons. The number of guanidine groups is 1. The first-order chi connectivity index (χ1) is 13.8. The molecular formula is C23H34N4O. The van der Waals surface area contributed by atoms with E-state index in [1.807, 2.05) is 18.2 Å². The van der Waals surface area contributed by atoms with Gasteiger partial charge in [0.2, 0.25) is 0 Å². The number of nitrogens with zero attached hydrogens (tertiary/aromatic N) is 2. The summed E-state index contributed by atoms with van der Waals surface area (Å²) in [6.45, 7) is 7.35. The molecule has 5 heteroatoms. The lowest BCUT2D eigenvalue weighted by Gasteiger charge is -2.33. The SMILES string of the molecule is CCCCN1CCC(NC(=NCc2ccccc2)NCCc2ccco2)CC1. The number of hydrogen-bond acceptors (Lipinski definition) is 3. The number of aliphatic imine (C=N–C) groups is 1. The molecule has 2 aromatic rings. The summed E-state index contributed by atoms with van der Waals surface area (Å²) in [7, 11) is 0. The van der Waals surface area contributed by atoms with Crippen LogP contribution in [0.3, 0.4) is 0 Å². The first-order valence-electron chi connectivity index (χ1n) is 10.7. The Bertz CT molecular complexity index is 676. The van der Waals surface area contributed by atoms with E-state index in [9.17, 15) is 0 Å². The van der Waals surface area contributed by atoms with Crippen LogP contribution in [-0.2, 0) is 13.0 Å². The second kappa shape index (κ2) is 11.5. The summed E-state index contributed by atoms with van der Waals surface area (Å²) < 4.78 is 5.43. The first kappa shape index (κ1) is 20.5. The van der Waals surface area contributed by atoms with Crippen molar-refractivity contribution < 1.29 is 4.42 Å². The fourth-order valence-corrected chi connectivity index (χ4v) is 3.54. The molecule has 0 bridgehead atoms. The Morgan fingerprint density at radius 1 is 1.14 bits per heavy atom.